The van der Waals surface area contributed by atoms with Crippen LogP contribution >= 0.6 is 25.3 Å². The van der Waals surface area contributed by atoms with Crippen LogP contribution in [0, 0.1) is 0 Å². The predicted molar refractivity (Wildman–Crippen MR) is 458 cm³/mol. The largest absolute Gasteiger partial charge is 0.492 e. The lowest BCUT2D eigenvalue weighted by molar-refractivity contribution is -0.138. The number of fused-ring (bicyclic) bond motifs is 2. The summed E-state index contributed by atoms with van der Waals surface area (Å²) in [6.07, 6.45) is -4.75. The SMILES string of the molecule is CC(=O)NCCCC[C@H](NC(=O)C(C)(C)NC(=O)[C@H](Cc1ccc2ccccc2c1)NC(=O)[C@H](Cc1ccc(OCCN)cc1)NC(=O)[C@@H](NC(=O)[C@H](CCC(N)=O)NC(=O)[C@H](Cc1c[nH]c2ccccc12)NC(=O)[C@@H](NC(=O)[C@H](CC(N)=O)NC(=O)[C@@H](NC(C)=O)C(C)(C)S)[C@@H](C)O)C(C)(C)S)C(=O)N[C@@H](CC(N)=O)C(=O)N[C@@H](CCC(N)=O)C(N)=O. The van der Waals surface area contributed by atoms with E-state index in [2.05, 4.69) is 86.7 Å². The van der Waals surface area contributed by atoms with Gasteiger partial charge >= 0.3 is 0 Å². The summed E-state index contributed by atoms with van der Waals surface area (Å²) >= 11 is 9.13. The van der Waals surface area contributed by atoms with E-state index in [0.717, 1.165) is 19.2 Å². The molecule has 0 saturated carbocycles. The zero-order valence-electron chi connectivity index (χ0n) is 69.8. The van der Waals surface area contributed by atoms with E-state index in [9.17, 15) is 67.4 Å². The third-order valence-electron chi connectivity index (χ3n) is 19.3. The van der Waals surface area contributed by atoms with Crippen LogP contribution in [0.4, 0.5) is 0 Å². The molecule has 123 heavy (non-hydrogen) atoms. The number of primary amides is 5. The molecule has 0 saturated heterocycles. The van der Waals surface area contributed by atoms with E-state index >= 15 is 24.0 Å². The highest BCUT2D eigenvalue weighted by Gasteiger charge is 2.43. The van der Waals surface area contributed by atoms with Gasteiger partial charge in [-0.25, -0.2) is 0 Å². The molecule has 670 valence electrons. The minimum absolute atomic E-state index is 0.126. The van der Waals surface area contributed by atoms with Crippen molar-refractivity contribution >= 4 is 153 Å². The molecule has 40 nitrogen and oxygen atoms in total. The van der Waals surface area contributed by atoms with E-state index in [1.807, 2.05) is 6.07 Å². The van der Waals surface area contributed by atoms with Crippen molar-refractivity contribution in [2.45, 2.75) is 227 Å². The monoisotopic (exact) mass is 1750 g/mol. The van der Waals surface area contributed by atoms with Gasteiger partial charge in [-0.1, -0.05) is 72.8 Å². The average Bonchev–Trinajstić information content (AvgIpc) is 1.75. The van der Waals surface area contributed by atoms with Gasteiger partial charge in [0.15, 0.2) is 0 Å². The van der Waals surface area contributed by atoms with Crippen molar-refractivity contribution in [2.75, 3.05) is 19.7 Å². The maximum absolute atomic E-state index is 15.5. The average molecular weight is 1750 g/mol. The summed E-state index contributed by atoms with van der Waals surface area (Å²) in [4.78, 5) is 250. The van der Waals surface area contributed by atoms with Crippen LogP contribution in [0.3, 0.4) is 0 Å². The Kier molecular flexibility index (Phi) is 38.7. The van der Waals surface area contributed by atoms with E-state index in [-0.39, 0.29) is 70.5 Å². The van der Waals surface area contributed by atoms with Gasteiger partial charge in [-0.15, -0.1) is 0 Å². The molecule has 18 amide bonds. The number of H-pyrrole nitrogens is 1. The molecule has 0 radical (unpaired) electrons. The highest BCUT2D eigenvalue weighted by molar-refractivity contribution is 7.82. The standard InChI is InChI=1S/C81H114N20O20S2/c1-41(102)64(99-73(115)59(39-63(86)108)97-76(118)65(80(6,7)122)90-43(3)104)75(117)95-57(37-48-40-89-51-19-13-12-18-50(48)51)71(113)92-54(28-30-61(84)106)69(111)100-66(81(8,9)123)77(119)96-55(35-44-22-25-49(26-23-44)121-33-31-82)70(112)93-56(36-45-21-24-46-16-10-11-17-47(46)34-45)74(116)101-79(4,5)78(120)98-53(20-14-15-32-88-42(2)103)68(110)94-58(38-62(85)107)72(114)91-52(67(87)109)27-29-60(83)105/h10-13,16-19,21-26,34,40-41,52-59,64-66,89,102,122-123H,14-15,20,27-33,35-39,82H2,1-9H3,(H2,83,105)(H2,84,106)(H2,85,107)(H2,86,108)(H2,87,109)(H,88,103)(H,90,104)(H,91,114)(H,92,113)(H,93,112)(H,94,110)(H,95,117)(H,96,119)(H,97,118)(H,98,120)(H,99,115)(H,100,111)(H,101,116)/t41-,52+,53+,54+,55+,56+,57+,58+,59+,64+,65-,66-/m1/s1. The fourth-order valence-electron chi connectivity index (χ4n) is 12.7. The molecule has 1 aromatic heterocycles. The molecule has 12 atom stereocenters. The Balaban J connectivity index is 1.54. The Hall–Kier alpha value is -12.4. The van der Waals surface area contributed by atoms with Gasteiger partial charge in [0.25, 0.3) is 0 Å². The van der Waals surface area contributed by atoms with Crippen LogP contribution in [0.25, 0.3) is 21.7 Å². The molecule has 4 aromatic carbocycles. The number of aliphatic hydroxyl groups excluding tert-OH is 1. The zero-order chi connectivity index (χ0) is 92.0. The number of hydrogen-bond donors (Lipinski definition) is 23. The predicted octanol–water partition coefficient (Wildman–Crippen LogP) is -4.19. The number of amides is 18. The number of para-hydroxylation sites is 1. The number of aromatic nitrogens is 1. The summed E-state index contributed by atoms with van der Waals surface area (Å²) in [5.41, 5.74) is 32.8. The summed E-state index contributed by atoms with van der Waals surface area (Å²) in [6.45, 7) is 12.2. The Bertz CT molecular complexity index is 4670. The molecule has 42 heteroatoms. The van der Waals surface area contributed by atoms with Gasteiger partial charge in [-0.3, -0.25) is 86.3 Å². The molecule has 5 rings (SSSR count). The van der Waals surface area contributed by atoms with Gasteiger partial charge < -0.3 is 118 Å². The van der Waals surface area contributed by atoms with Gasteiger partial charge in [-0.2, -0.15) is 25.3 Å². The van der Waals surface area contributed by atoms with Crippen LogP contribution in [-0.4, -0.2) is 224 Å². The third kappa shape index (κ3) is 33.5. The fourth-order valence-corrected chi connectivity index (χ4v) is 13.1. The van der Waals surface area contributed by atoms with E-state index in [0.29, 0.717) is 38.7 Å². The van der Waals surface area contributed by atoms with Crippen molar-refractivity contribution in [3.8, 4) is 5.75 Å². The lowest BCUT2D eigenvalue weighted by Gasteiger charge is -2.33. The second-order valence-corrected chi connectivity index (χ2v) is 33.6. The maximum atomic E-state index is 15.5. The summed E-state index contributed by atoms with van der Waals surface area (Å²) in [5, 5.41) is 45.9. The molecular weight excluding hydrogens is 1640 g/mol. The minimum Gasteiger partial charge on any atom is -0.492 e. The molecule has 0 unspecified atom stereocenters. The van der Waals surface area contributed by atoms with E-state index in [1.54, 1.807) is 84.9 Å². The number of benzene rings is 4. The summed E-state index contributed by atoms with van der Waals surface area (Å²) in [5.74, 6) is -17.9. The van der Waals surface area contributed by atoms with Gasteiger partial charge in [0.2, 0.25) is 106 Å². The molecule has 0 aliphatic heterocycles. The number of unbranched alkanes of at least 4 members (excludes halogenated alkanes) is 1. The number of hydrogen-bond acceptors (Lipinski definition) is 23. The Morgan fingerprint density at radius 3 is 1.46 bits per heavy atom. The van der Waals surface area contributed by atoms with Crippen LogP contribution in [0.1, 0.15) is 137 Å². The number of aliphatic hydroxyl groups is 1. The first-order valence-corrected chi connectivity index (χ1v) is 40.3. The van der Waals surface area contributed by atoms with Crippen LogP contribution in [0.5, 0.6) is 5.75 Å². The van der Waals surface area contributed by atoms with Crippen molar-refractivity contribution in [1.82, 2.24) is 74.1 Å². The lowest BCUT2D eigenvalue weighted by atomic mass is 9.97. The van der Waals surface area contributed by atoms with E-state index in [4.69, 9.17) is 51.8 Å². The molecule has 27 N–H and O–H groups in total. The first kappa shape index (κ1) is 101. The van der Waals surface area contributed by atoms with Crippen LogP contribution in [0.2, 0.25) is 0 Å². The molecular formula is C81H114N20O20S2. The normalized spacial score (nSPS) is 14.4. The summed E-state index contributed by atoms with van der Waals surface area (Å²) < 4.78 is 2.82. The number of thiol groups is 2. The topological polar surface area (TPSA) is 665 Å². The van der Waals surface area contributed by atoms with Crippen molar-refractivity contribution in [3.63, 3.8) is 0 Å². The second-order valence-electron chi connectivity index (χ2n) is 31.3. The Morgan fingerprint density at radius 1 is 0.455 bits per heavy atom. The number of nitrogens with one attached hydrogen (secondary N) is 14. The van der Waals surface area contributed by atoms with Gasteiger partial charge in [0.1, 0.15) is 84.4 Å². The van der Waals surface area contributed by atoms with Crippen molar-refractivity contribution in [3.05, 3.63) is 114 Å². The smallest absolute Gasteiger partial charge is 0.245 e. The number of nitrogens with two attached hydrogens (primary N) is 6. The molecule has 1 heterocycles. The van der Waals surface area contributed by atoms with Gasteiger partial charge in [0, 0.05) is 85.6 Å². The van der Waals surface area contributed by atoms with Crippen molar-refractivity contribution < 1.29 is 96.1 Å². The molecule has 0 bridgehead atoms. The summed E-state index contributed by atoms with van der Waals surface area (Å²) in [7, 11) is 0. The van der Waals surface area contributed by atoms with Crippen LogP contribution in [-0.2, 0) is 106 Å². The number of rotatable bonds is 51. The first-order chi connectivity index (χ1) is 57.6. The van der Waals surface area contributed by atoms with E-state index in [1.165, 1.54) is 54.7 Å². The van der Waals surface area contributed by atoms with Crippen LogP contribution < -0.4 is 108 Å². The third-order valence-corrected chi connectivity index (χ3v) is 19.8. The molecule has 0 fully saturated rings. The van der Waals surface area contributed by atoms with Crippen LogP contribution in [0.15, 0.2) is 97.2 Å². The van der Waals surface area contributed by atoms with Crippen molar-refractivity contribution in [1.29, 1.82) is 0 Å². The number of aromatic amines is 1. The number of carbonyl (C=O) groups excluding carboxylic acids is 18. The highest BCUT2D eigenvalue weighted by Crippen LogP contribution is 2.25. The maximum Gasteiger partial charge on any atom is 0.245 e. The number of carbonyl (C=O) groups is 18. The Labute approximate surface area is 720 Å². The molecule has 5 aromatic rings. The number of ether oxygens (including phenoxy) is 1. The molecule has 0 aliphatic carbocycles. The van der Waals surface area contributed by atoms with E-state index < -0.39 is 220 Å². The minimum atomic E-state index is -2.03. The fraction of sp³-hybridized carbons (Fsp3) is 0.481. The Morgan fingerprint density at radius 2 is 0.911 bits per heavy atom. The van der Waals surface area contributed by atoms with Gasteiger partial charge in [-0.05, 0) is 126 Å². The lowest BCUT2D eigenvalue weighted by Crippen LogP contribution is -2.64. The molecule has 0 spiro atoms. The second kappa shape index (κ2) is 47.1. The summed E-state index contributed by atoms with van der Waals surface area (Å²) in [6, 6.07) is 6.66. The van der Waals surface area contributed by atoms with Crippen molar-refractivity contribution in [2.24, 2.45) is 34.4 Å². The molecule has 0 aliphatic rings. The van der Waals surface area contributed by atoms with Gasteiger partial charge in [0.05, 0.1) is 18.9 Å². The quantitative estimate of drug-likeness (QED) is 0.0130. The zero-order valence-corrected chi connectivity index (χ0v) is 71.6. The first-order valence-electron chi connectivity index (χ1n) is 39.4. The highest BCUT2D eigenvalue weighted by atomic mass is 32.1.